The number of sulfonamides is 1. The predicted molar refractivity (Wildman–Crippen MR) is 163 cm³/mol. The van der Waals surface area contributed by atoms with Crippen molar-refractivity contribution in [2.24, 2.45) is 5.92 Å². The van der Waals surface area contributed by atoms with Crippen molar-refractivity contribution in [1.29, 1.82) is 0 Å². The first-order valence-corrected chi connectivity index (χ1v) is 15.3. The number of nitrogens with one attached hydrogen (secondary N) is 1. The van der Waals surface area contributed by atoms with Crippen molar-refractivity contribution in [2.75, 3.05) is 24.5 Å². The van der Waals surface area contributed by atoms with E-state index < -0.39 is 28.5 Å². The molecule has 0 aliphatic heterocycles. The Kier molecular flexibility index (Phi) is 11.1. The Morgan fingerprint density at radius 2 is 1.59 bits per heavy atom. The molecule has 3 aromatic rings. The number of benzene rings is 3. The second kappa shape index (κ2) is 14.1. The van der Waals surface area contributed by atoms with E-state index in [-0.39, 0.29) is 34.7 Å². The van der Waals surface area contributed by atoms with Crippen molar-refractivity contribution >= 4 is 50.7 Å². The Labute approximate surface area is 252 Å². The van der Waals surface area contributed by atoms with Gasteiger partial charge in [-0.05, 0) is 61.7 Å². The van der Waals surface area contributed by atoms with Crippen LogP contribution in [0.25, 0.3) is 0 Å². The van der Waals surface area contributed by atoms with Crippen LogP contribution in [0, 0.1) is 12.8 Å². The molecule has 0 saturated carbocycles. The smallest absolute Gasteiger partial charge is 0.264 e. The quantitative estimate of drug-likeness (QED) is 0.281. The van der Waals surface area contributed by atoms with Gasteiger partial charge < -0.3 is 15.0 Å². The molecular formula is C30H35Cl2N3O5S. The molecule has 0 fully saturated rings. The zero-order valence-corrected chi connectivity index (χ0v) is 26.1. The average Bonchev–Trinajstić information content (AvgIpc) is 2.94. The number of ether oxygens (including phenoxy) is 1. The summed E-state index contributed by atoms with van der Waals surface area (Å²) in [5.74, 6) is -0.558. The summed E-state index contributed by atoms with van der Waals surface area (Å²) >= 11 is 12.9. The lowest BCUT2D eigenvalue weighted by Crippen LogP contribution is -2.51. The summed E-state index contributed by atoms with van der Waals surface area (Å²) in [5.41, 5.74) is 1.40. The molecule has 0 unspecified atom stereocenters. The van der Waals surface area contributed by atoms with E-state index in [0.717, 1.165) is 9.87 Å². The Hall–Kier alpha value is -3.27. The molecule has 0 aromatic heterocycles. The van der Waals surface area contributed by atoms with Crippen molar-refractivity contribution < 1.29 is 22.7 Å². The van der Waals surface area contributed by atoms with E-state index in [2.05, 4.69) is 5.32 Å². The Balaban J connectivity index is 2.11. The van der Waals surface area contributed by atoms with Crippen LogP contribution in [0.5, 0.6) is 5.75 Å². The molecule has 0 heterocycles. The standard InChI is InChI=1S/C30H35Cl2N3O5S/c1-20(2)17-33-30(37)22(4)34(18-24-25(31)12-9-13-26(24)32)29(36)19-35(27-16-21(3)14-15-28(27)40-5)41(38,39)23-10-7-6-8-11-23/h6-16,20,22H,17-19H2,1-5H3,(H,33,37)/t22-/m1/s1. The highest BCUT2D eigenvalue weighted by atomic mass is 35.5. The fraction of sp³-hybridized carbons (Fsp3) is 0.333. The molecule has 0 saturated heterocycles. The van der Waals surface area contributed by atoms with E-state index in [1.807, 2.05) is 20.8 Å². The number of nitrogens with zero attached hydrogens (tertiary/aromatic N) is 2. The van der Waals surface area contributed by atoms with E-state index >= 15 is 0 Å². The number of hydrogen-bond acceptors (Lipinski definition) is 5. The van der Waals surface area contributed by atoms with Gasteiger partial charge >= 0.3 is 0 Å². The van der Waals surface area contributed by atoms with Crippen molar-refractivity contribution in [3.05, 3.63) is 87.9 Å². The fourth-order valence-corrected chi connectivity index (χ4v) is 6.07. The summed E-state index contributed by atoms with van der Waals surface area (Å²) in [6.07, 6.45) is 0. The number of aryl methyl sites for hydroxylation is 1. The molecule has 2 amide bonds. The van der Waals surface area contributed by atoms with E-state index in [1.54, 1.807) is 61.5 Å². The normalized spacial score (nSPS) is 12.1. The maximum atomic E-state index is 14.1. The van der Waals surface area contributed by atoms with Crippen LogP contribution in [0.15, 0.2) is 71.6 Å². The molecular weight excluding hydrogens is 585 g/mol. The highest BCUT2D eigenvalue weighted by Gasteiger charge is 2.34. The van der Waals surface area contributed by atoms with Gasteiger partial charge in [0.2, 0.25) is 11.8 Å². The third-order valence-electron chi connectivity index (χ3n) is 6.46. The van der Waals surface area contributed by atoms with Gasteiger partial charge in [0.1, 0.15) is 18.3 Å². The Morgan fingerprint density at radius 3 is 2.17 bits per heavy atom. The molecule has 0 bridgehead atoms. The van der Waals surface area contributed by atoms with E-state index in [9.17, 15) is 18.0 Å². The minimum atomic E-state index is -4.24. The van der Waals surface area contributed by atoms with E-state index in [4.69, 9.17) is 27.9 Å². The monoisotopic (exact) mass is 619 g/mol. The first kappa shape index (κ1) is 32.2. The van der Waals surface area contributed by atoms with Gasteiger partial charge in [0.05, 0.1) is 17.7 Å². The topological polar surface area (TPSA) is 96.0 Å². The van der Waals surface area contributed by atoms with Crippen LogP contribution in [-0.2, 0) is 26.2 Å². The average molecular weight is 621 g/mol. The number of anilines is 1. The number of carbonyl (C=O) groups excluding carboxylic acids is 2. The number of hydrogen-bond donors (Lipinski definition) is 1. The van der Waals surface area contributed by atoms with Gasteiger partial charge in [0, 0.05) is 28.7 Å². The lowest BCUT2D eigenvalue weighted by atomic mass is 10.1. The fourth-order valence-electron chi connectivity index (χ4n) is 4.12. The molecule has 220 valence electrons. The molecule has 8 nitrogen and oxygen atoms in total. The van der Waals surface area contributed by atoms with Gasteiger partial charge in [-0.3, -0.25) is 13.9 Å². The minimum absolute atomic E-state index is 0.000202. The zero-order valence-electron chi connectivity index (χ0n) is 23.7. The molecule has 0 spiro atoms. The molecule has 0 aliphatic carbocycles. The minimum Gasteiger partial charge on any atom is -0.495 e. The first-order valence-electron chi connectivity index (χ1n) is 13.1. The van der Waals surface area contributed by atoms with Crippen molar-refractivity contribution in [2.45, 2.75) is 45.2 Å². The number of amides is 2. The van der Waals surface area contributed by atoms with Gasteiger partial charge in [0.15, 0.2) is 0 Å². The third-order valence-corrected chi connectivity index (χ3v) is 8.94. The molecule has 41 heavy (non-hydrogen) atoms. The van der Waals surface area contributed by atoms with Crippen LogP contribution in [-0.4, -0.2) is 51.4 Å². The van der Waals surface area contributed by atoms with Crippen LogP contribution in [0.1, 0.15) is 31.9 Å². The van der Waals surface area contributed by atoms with Gasteiger partial charge in [-0.1, -0.05) is 67.4 Å². The highest BCUT2D eigenvalue weighted by molar-refractivity contribution is 7.92. The second-order valence-corrected chi connectivity index (χ2v) is 12.7. The summed E-state index contributed by atoms with van der Waals surface area (Å²) < 4.78 is 34.5. The number of carbonyl (C=O) groups is 2. The van der Waals surface area contributed by atoms with Crippen molar-refractivity contribution in [3.8, 4) is 5.75 Å². The summed E-state index contributed by atoms with van der Waals surface area (Å²) in [5, 5.41) is 3.49. The van der Waals surface area contributed by atoms with Gasteiger partial charge in [0.25, 0.3) is 10.0 Å². The second-order valence-electron chi connectivity index (χ2n) is 10.0. The maximum Gasteiger partial charge on any atom is 0.264 e. The largest absolute Gasteiger partial charge is 0.495 e. The number of methoxy groups -OCH3 is 1. The molecule has 1 atom stereocenters. The number of rotatable bonds is 12. The lowest BCUT2D eigenvalue weighted by molar-refractivity contribution is -0.139. The first-order chi connectivity index (χ1) is 19.4. The summed E-state index contributed by atoms with van der Waals surface area (Å²) in [6.45, 7) is 7.00. The van der Waals surface area contributed by atoms with Gasteiger partial charge in [-0.15, -0.1) is 0 Å². The summed E-state index contributed by atoms with van der Waals surface area (Å²) in [4.78, 5) is 28.6. The van der Waals surface area contributed by atoms with E-state index in [0.29, 0.717) is 22.2 Å². The highest BCUT2D eigenvalue weighted by Crippen LogP contribution is 2.34. The summed E-state index contributed by atoms with van der Waals surface area (Å²) in [7, 11) is -2.81. The Morgan fingerprint density at radius 1 is 0.951 bits per heavy atom. The maximum absolute atomic E-state index is 14.1. The SMILES string of the molecule is COc1ccc(C)cc1N(CC(=O)N(Cc1c(Cl)cccc1Cl)[C@H](C)C(=O)NCC(C)C)S(=O)(=O)c1ccccc1. The molecule has 3 aromatic carbocycles. The van der Waals surface area contributed by atoms with Crippen LogP contribution < -0.4 is 14.4 Å². The van der Waals surface area contributed by atoms with Crippen molar-refractivity contribution in [3.63, 3.8) is 0 Å². The summed E-state index contributed by atoms with van der Waals surface area (Å²) in [6, 6.07) is 16.9. The molecule has 0 aliphatic rings. The molecule has 0 radical (unpaired) electrons. The van der Waals surface area contributed by atoms with Gasteiger partial charge in [-0.25, -0.2) is 8.42 Å². The predicted octanol–water partition coefficient (Wildman–Crippen LogP) is 5.70. The molecule has 1 N–H and O–H groups in total. The Bertz CT molecular complexity index is 1460. The van der Waals surface area contributed by atoms with Crippen LogP contribution >= 0.6 is 23.2 Å². The van der Waals surface area contributed by atoms with Crippen LogP contribution in [0.2, 0.25) is 10.0 Å². The zero-order chi connectivity index (χ0) is 30.3. The van der Waals surface area contributed by atoms with Crippen LogP contribution in [0.3, 0.4) is 0 Å². The van der Waals surface area contributed by atoms with Crippen molar-refractivity contribution in [1.82, 2.24) is 10.2 Å². The van der Waals surface area contributed by atoms with Crippen LogP contribution in [0.4, 0.5) is 5.69 Å². The third kappa shape index (κ3) is 7.93. The molecule has 11 heteroatoms. The van der Waals surface area contributed by atoms with E-state index in [1.165, 1.54) is 24.1 Å². The lowest BCUT2D eigenvalue weighted by Gasteiger charge is -2.33. The number of halogens is 2. The van der Waals surface area contributed by atoms with Gasteiger partial charge in [-0.2, -0.15) is 0 Å². The molecule has 3 rings (SSSR count).